The van der Waals surface area contributed by atoms with Gasteiger partial charge in [0.2, 0.25) is 0 Å². The van der Waals surface area contributed by atoms with Crippen LogP contribution in [-0.4, -0.2) is 51.3 Å². The Kier molecular flexibility index (Phi) is 8.15. The molecule has 0 saturated heterocycles. The maximum absolute atomic E-state index is 11.1. The summed E-state index contributed by atoms with van der Waals surface area (Å²) in [6.45, 7) is 7.65. The quantitative estimate of drug-likeness (QED) is 0.502. The lowest BCUT2D eigenvalue weighted by Crippen LogP contribution is -2.46. The summed E-state index contributed by atoms with van der Waals surface area (Å²) in [7, 11) is 3.34. The predicted molar refractivity (Wildman–Crippen MR) is 65.5 cm³/mol. The lowest BCUT2D eigenvalue weighted by molar-refractivity contribution is -0.142. The zero-order chi connectivity index (χ0) is 12.6. The highest BCUT2D eigenvalue weighted by molar-refractivity contribution is 5.75. The van der Waals surface area contributed by atoms with Gasteiger partial charge in [0, 0.05) is 25.2 Å². The molecule has 3 unspecified atom stereocenters. The summed E-state index contributed by atoms with van der Waals surface area (Å²) in [5, 5.41) is 9.64. The van der Waals surface area contributed by atoms with Crippen molar-refractivity contribution in [1.82, 2.24) is 16.0 Å². The Bertz CT molecular complexity index is 200. The summed E-state index contributed by atoms with van der Waals surface area (Å²) in [6.07, 6.45) is 0. The molecule has 0 rings (SSSR count). The van der Waals surface area contributed by atoms with Gasteiger partial charge in [-0.2, -0.15) is 0 Å². The number of likely N-dealkylation sites (N-methyl/N-ethyl adjacent to an activating group) is 1. The second-order valence-corrected chi connectivity index (χ2v) is 4.15. The van der Waals surface area contributed by atoms with Gasteiger partial charge in [0.05, 0.1) is 7.11 Å². The fraction of sp³-hybridized carbons (Fsp3) is 0.909. The average Bonchev–Trinajstić information content (AvgIpc) is 2.31. The van der Waals surface area contributed by atoms with Gasteiger partial charge in [0.15, 0.2) is 0 Å². The Hall–Kier alpha value is -0.650. The van der Waals surface area contributed by atoms with Crippen molar-refractivity contribution in [2.75, 3.05) is 27.2 Å². The van der Waals surface area contributed by atoms with Crippen LogP contribution in [0.5, 0.6) is 0 Å². The van der Waals surface area contributed by atoms with Gasteiger partial charge in [-0.1, -0.05) is 0 Å². The molecule has 0 radical (unpaired) electrons. The Morgan fingerprint density at radius 3 is 2.19 bits per heavy atom. The molecule has 3 N–H and O–H groups in total. The Morgan fingerprint density at radius 1 is 1.12 bits per heavy atom. The second kappa shape index (κ2) is 8.50. The van der Waals surface area contributed by atoms with E-state index >= 15 is 0 Å². The van der Waals surface area contributed by atoms with Crippen LogP contribution in [0.15, 0.2) is 0 Å². The monoisotopic (exact) mass is 231 g/mol. The third-order valence-electron chi connectivity index (χ3n) is 2.55. The molecular weight excluding hydrogens is 206 g/mol. The number of methoxy groups -OCH3 is 1. The van der Waals surface area contributed by atoms with Gasteiger partial charge < -0.3 is 20.7 Å². The van der Waals surface area contributed by atoms with Crippen molar-refractivity contribution in [3.63, 3.8) is 0 Å². The number of rotatable bonds is 8. The number of hydrogen-bond acceptors (Lipinski definition) is 5. The van der Waals surface area contributed by atoms with Crippen LogP contribution >= 0.6 is 0 Å². The first-order chi connectivity index (χ1) is 7.51. The zero-order valence-corrected chi connectivity index (χ0v) is 11.0. The second-order valence-electron chi connectivity index (χ2n) is 4.15. The first-order valence-corrected chi connectivity index (χ1v) is 5.73. The van der Waals surface area contributed by atoms with Gasteiger partial charge in [-0.15, -0.1) is 0 Å². The number of carbonyl (C=O) groups is 1. The highest BCUT2D eigenvalue weighted by Gasteiger charge is 2.13. The third-order valence-corrected chi connectivity index (χ3v) is 2.55. The molecule has 5 nitrogen and oxygen atoms in total. The summed E-state index contributed by atoms with van der Waals surface area (Å²) < 4.78 is 4.63. The molecule has 5 heteroatoms. The topological polar surface area (TPSA) is 62.4 Å². The summed E-state index contributed by atoms with van der Waals surface area (Å²) in [6, 6.07) is 0.513. The molecule has 0 aromatic rings. The molecule has 0 spiro atoms. The van der Waals surface area contributed by atoms with Gasteiger partial charge in [0.1, 0.15) is 6.04 Å². The normalized spacial score (nSPS) is 16.6. The van der Waals surface area contributed by atoms with E-state index in [0.717, 1.165) is 13.1 Å². The third kappa shape index (κ3) is 6.76. The Morgan fingerprint density at radius 2 is 1.69 bits per heavy atom. The van der Waals surface area contributed by atoms with E-state index in [0.29, 0.717) is 12.1 Å². The van der Waals surface area contributed by atoms with Crippen molar-refractivity contribution in [1.29, 1.82) is 0 Å². The van der Waals surface area contributed by atoms with Crippen LogP contribution in [-0.2, 0) is 9.53 Å². The molecule has 0 aliphatic heterocycles. The number of carbonyl (C=O) groups excluding carboxylic acids is 1. The van der Waals surface area contributed by atoms with E-state index in [-0.39, 0.29) is 12.0 Å². The molecule has 96 valence electrons. The smallest absolute Gasteiger partial charge is 0.322 e. The minimum absolute atomic E-state index is 0.226. The molecule has 0 heterocycles. The first-order valence-electron chi connectivity index (χ1n) is 5.73. The predicted octanol–water partition coefficient (Wildman–Crippen LogP) is -0.276. The van der Waals surface area contributed by atoms with Crippen LogP contribution in [0.25, 0.3) is 0 Å². The van der Waals surface area contributed by atoms with E-state index in [1.165, 1.54) is 7.11 Å². The lowest BCUT2D eigenvalue weighted by Gasteiger charge is -2.19. The molecule has 0 amide bonds. The van der Waals surface area contributed by atoms with Crippen LogP contribution in [0, 0.1) is 0 Å². The van der Waals surface area contributed by atoms with Gasteiger partial charge in [-0.05, 0) is 27.8 Å². The maximum atomic E-state index is 11.1. The van der Waals surface area contributed by atoms with Crippen molar-refractivity contribution in [3.05, 3.63) is 0 Å². The molecule has 0 aromatic heterocycles. The van der Waals surface area contributed by atoms with Crippen molar-refractivity contribution in [3.8, 4) is 0 Å². The van der Waals surface area contributed by atoms with E-state index in [2.05, 4.69) is 34.5 Å². The van der Waals surface area contributed by atoms with Crippen LogP contribution < -0.4 is 16.0 Å². The van der Waals surface area contributed by atoms with E-state index in [1.54, 1.807) is 6.92 Å². The van der Waals surface area contributed by atoms with Crippen LogP contribution in [0.2, 0.25) is 0 Å². The fourth-order valence-electron chi connectivity index (χ4n) is 1.17. The van der Waals surface area contributed by atoms with Crippen molar-refractivity contribution in [2.45, 2.75) is 38.9 Å². The highest BCUT2D eigenvalue weighted by atomic mass is 16.5. The largest absolute Gasteiger partial charge is 0.468 e. The van der Waals surface area contributed by atoms with Gasteiger partial charge in [-0.25, -0.2) is 0 Å². The molecule has 0 aliphatic rings. The van der Waals surface area contributed by atoms with E-state index < -0.39 is 0 Å². The molecule has 0 aromatic carbocycles. The Labute approximate surface area is 98.3 Å². The van der Waals surface area contributed by atoms with E-state index in [1.807, 2.05) is 7.05 Å². The summed E-state index contributed by atoms with van der Waals surface area (Å²) in [5.41, 5.74) is 0. The lowest BCUT2D eigenvalue weighted by atomic mass is 10.2. The van der Waals surface area contributed by atoms with Crippen molar-refractivity contribution >= 4 is 5.97 Å². The molecule has 16 heavy (non-hydrogen) atoms. The minimum Gasteiger partial charge on any atom is -0.468 e. The maximum Gasteiger partial charge on any atom is 0.322 e. The molecule has 0 saturated carbocycles. The Balaban J connectivity index is 3.64. The number of esters is 1. The van der Waals surface area contributed by atoms with Gasteiger partial charge in [0.25, 0.3) is 0 Å². The molecule has 3 atom stereocenters. The van der Waals surface area contributed by atoms with Crippen LogP contribution in [0.4, 0.5) is 0 Å². The highest BCUT2D eigenvalue weighted by Crippen LogP contribution is 1.88. The molecule has 0 bridgehead atoms. The zero-order valence-electron chi connectivity index (χ0n) is 11.0. The first kappa shape index (κ1) is 15.3. The standard InChI is InChI=1S/C11H25N3O2/c1-8(12-4)6-13-9(2)7-14-10(3)11(15)16-5/h8-10,12-14H,6-7H2,1-5H3. The molecular formula is C11H25N3O2. The fourth-order valence-corrected chi connectivity index (χ4v) is 1.17. The summed E-state index contributed by atoms with van der Waals surface area (Å²) in [5.74, 6) is -0.226. The van der Waals surface area contributed by atoms with E-state index in [9.17, 15) is 4.79 Å². The summed E-state index contributed by atoms with van der Waals surface area (Å²) in [4.78, 5) is 11.1. The molecule has 0 fully saturated rings. The number of nitrogens with one attached hydrogen (secondary N) is 3. The van der Waals surface area contributed by atoms with Gasteiger partial charge in [-0.3, -0.25) is 4.79 Å². The van der Waals surface area contributed by atoms with Gasteiger partial charge >= 0.3 is 5.97 Å². The number of ether oxygens (including phenoxy) is 1. The minimum atomic E-state index is -0.254. The van der Waals surface area contributed by atoms with Crippen LogP contribution in [0.1, 0.15) is 20.8 Å². The number of hydrogen-bond donors (Lipinski definition) is 3. The SMILES string of the molecule is CNC(C)CNC(C)CNC(C)C(=O)OC. The van der Waals surface area contributed by atoms with Crippen molar-refractivity contribution < 1.29 is 9.53 Å². The molecule has 0 aliphatic carbocycles. The van der Waals surface area contributed by atoms with Crippen LogP contribution in [0.3, 0.4) is 0 Å². The average molecular weight is 231 g/mol. The van der Waals surface area contributed by atoms with Crippen molar-refractivity contribution in [2.24, 2.45) is 0 Å². The van der Waals surface area contributed by atoms with E-state index in [4.69, 9.17) is 0 Å². The summed E-state index contributed by atoms with van der Waals surface area (Å²) >= 11 is 0.